The van der Waals surface area contributed by atoms with E-state index in [1.807, 2.05) is 6.92 Å². The summed E-state index contributed by atoms with van der Waals surface area (Å²) >= 11 is 0. The van der Waals surface area contributed by atoms with E-state index in [0.29, 0.717) is 18.7 Å². The Bertz CT molecular complexity index is 308. The molecule has 4 heteroatoms. The molecule has 3 atom stereocenters. The van der Waals surface area contributed by atoms with Gasteiger partial charge in [0.05, 0.1) is 6.61 Å². The molecule has 2 fully saturated rings. The zero-order valence-electron chi connectivity index (χ0n) is 11.7. The minimum Gasteiger partial charge on any atom is -0.465 e. The molecule has 2 N–H and O–H groups in total. The molecule has 0 radical (unpaired) electrons. The van der Waals surface area contributed by atoms with Crippen LogP contribution in [-0.4, -0.2) is 41.6 Å². The second kappa shape index (κ2) is 5.57. The Morgan fingerprint density at radius 2 is 2.22 bits per heavy atom. The summed E-state index contributed by atoms with van der Waals surface area (Å²) in [5.74, 6) is -0.211. The summed E-state index contributed by atoms with van der Waals surface area (Å²) in [6.07, 6.45) is 6.43. The predicted molar refractivity (Wildman–Crippen MR) is 71.2 cm³/mol. The summed E-state index contributed by atoms with van der Waals surface area (Å²) < 4.78 is 5.11. The zero-order valence-corrected chi connectivity index (χ0v) is 11.7. The van der Waals surface area contributed by atoms with Crippen LogP contribution < -0.4 is 5.73 Å². The van der Waals surface area contributed by atoms with E-state index in [1.54, 1.807) is 0 Å². The maximum atomic E-state index is 11.9. The van der Waals surface area contributed by atoms with Gasteiger partial charge in [-0.2, -0.15) is 0 Å². The summed E-state index contributed by atoms with van der Waals surface area (Å²) in [5.41, 5.74) is 5.49. The topological polar surface area (TPSA) is 55.6 Å². The van der Waals surface area contributed by atoms with Crippen molar-refractivity contribution in [3.05, 3.63) is 0 Å². The number of piperidine rings is 1. The van der Waals surface area contributed by atoms with Crippen molar-refractivity contribution in [2.45, 2.75) is 70.0 Å². The van der Waals surface area contributed by atoms with Crippen molar-refractivity contribution in [3.63, 3.8) is 0 Å². The van der Waals surface area contributed by atoms with E-state index >= 15 is 0 Å². The van der Waals surface area contributed by atoms with Crippen molar-refractivity contribution < 1.29 is 9.53 Å². The molecule has 0 aromatic carbocycles. The van der Waals surface area contributed by atoms with Crippen LogP contribution in [0.2, 0.25) is 0 Å². The Kier molecular flexibility index (Phi) is 4.28. The average Bonchev–Trinajstić information content (AvgIpc) is 2.74. The lowest BCUT2D eigenvalue weighted by Gasteiger charge is -2.38. The Labute approximate surface area is 110 Å². The van der Waals surface area contributed by atoms with Gasteiger partial charge in [-0.3, -0.25) is 9.69 Å². The standard InChI is InChI=1S/C14H26N2O2/c1-3-18-13(17)14(15)8-7-12(10-14)16-9-5-4-6-11(16)2/h11-12H,3-10,15H2,1-2H3. The normalized spacial score (nSPS) is 37.7. The molecule has 4 nitrogen and oxygen atoms in total. The van der Waals surface area contributed by atoms with Crippen molar-refractivity contribution in [3.8, 4) is 0 Å². The fourth-order valence-corrected chi connectivity index (χ4v) is 3.45. The molecule has 1 heterocycles. The monoisotopic (exact) mass is 254 g/mol. The Hall–Kier alpha value is -0.610. The molecule has 0 spiro atoms. The molecule has 0 bridgehead atoms. The number of rotatable bonds is 3. The van der Waals surface area contributed by atoms with Gasteiger partial charge in [-0.25, -0.2) is 0 Å². The molecule has 1 saturated carbocycles. The van der Waals surface area contributed by atoms with Crippen LogP contribution in [0, 0.1) is 0 Å². The largest absolute Gasteiger partial charge is 0.465 e. The lowest BCUT2D eigenvalue weighted by Crippen LogP contribution is -2.50. The first-order valence-corrected chi connectivity index (χ1v) is 7.28. The fraction of sp³-hybridized carbons (Fsp3) is 0.929. The zero-order chi connectivity index (χ0) is 13.2. The van der Waals surface area contributed by atoms with Crippen molar-refractivity contribution >= 4 is 5.97 Å². The van der Waals surface area contributed by atoms with Crippen LogP contribution in [0.25, 0.3) is 0 Å². The first kappa shape index (κ1) is 13.8. The SMILES string of the molecule is CCOC(=O)C1(N)CCC(N2CCCCC2C)C1. The van der Waals surface area contributed by atoms with Crippen LogP contribution in [0.5, 0.6) is 0 Å². The molecule has 1 aliphatic carbocycles. The van der Waals surface area contributed by atoms with Gasteiger partial charge >= 0.3 is 5.97 Å². The van der Waals surface area contributed by atoms with Gasteiger partial charge in [-0.05, 0) is 52.5 Å². The van der Waals surface area contributed by atoms with E-state index in [0.717, 1.165) is 25.8 Å². The van der Waals surface area contributed by atoms with Gasteiger partial charge in [0.25, 0.3) is 0 Å². The van der Waals surface area contributed by atoms with Gasteiger partial charge in [0, 0.05) is 12.1 Å². The lowest BCUT2D eigenvalue weighted by molar-refractivity contribution is -0.149. The van der Waals surface area contributed by atoms with E-state index in [1.165, 1.54) is 19.3 Å². The summed E-state index contributed by atoms with van der Waals surface area (Å²) in [4.78, 5) is 14.5. The third-order valence-electron chi connectivity index (χ3n) is 4.53. The molecule has 18 heavy (non-hydrogen) atoms. The van der Waals surface area contributed by atoms with E-state index in [-0.39, 0.29) is 5.97 Å². The third kappa shape index (κ3) is 2.69. The number of carbonyl (C=O) groups excluding carboxylic acids is 1. The van der Waals surface area contributed by atoms with Crippen molar-refractivity contribution in [1.29, 1.82) is 0 Å². The van der Waals surface area contributed by atoms with Gasteiger partial charge in [0.15, 0.2) is 0 Å². The number of hydrogen-bond donors (Lipinski definition) is 1. The number of esters is 1. The predicted octanol–water partition coefficient (Wildman–Crippen LogP) is 1.67. The highest BCUT2D eigenvalue weighted by atomic mass is 16.5. The Balaban J connectivity index is 1.96. The number of hydrogen-bond acceptors (Lipinski definition) is 4. The van der Waals surface area contributed by atoms with Gasteiger partial charge in [-0.15, -0.1) is 0 Å². The minimum atomic E-state index is -0.738. The lowest BCUT2D eigenvalue weighted by atomic mass is 9.97. The van der Waals surface area contributed by atoms with E-state index in [2.05, 4.69) is 11.8 Å². The number of carbonyl (C=O) groups is 1. The first-order chi connectivity index (χ1) is 8.57. The Morgan fingerprint density at radius 3 is 2.89 bits per heavy atom. The van der Waals surface area contributed by atoms with Crippen molar-refractivity contribution in [2.75, 3.05) is 13.2 Å². The smallest absolute Gasteiger partial charge is 0.326 e. The van der Waals surface area contributed by atoms with Crippen LogP contribution in [0.4, 0.5) is 0 Å². The molecular formula is C14H26N2O2. The van der Waals surface area contributed by atoms with Crippen molar-refractivity contribution in [1.82, 2.24) is 4.90 Å². The maximum absolute atomic E-state index is 11.9. The second-order valence-corrected chi connectivity index (χ2v) is 5.86. The van der Waals surface area contributed by atoms with Crippen LogP contribution in [0.3, 0.4) is 0 Å². The molecule has 2 aliphatic rings. The summed E-state index contributed by atoms with van der Waals surface area (Å²) in [5, 5.41) is 0. The second-order valence-electron chi connectivity index (χ2n) is 5.86. The molecule has 3 unspecified atom stereocenters. The number of likely N-dealkylation sites (tertiary alicyclic amines) is 1. The highest BCUT2D eigenvalue weighted by Crippen LogP contribution is 2.35. The number of nitrogens with zero attached hydrogens (tertiary/aromatic N) is 1. The van der Waals surface area contributed by atoms with Crippen LogP contribution in [0.1, 0.15) is 52.4 Å². The fourth-order valence-electron chi connectivity index (χ4n) is 3.45. The van der Waals surface area contributed by atoms with Crippen LogP contribution in [0.15, 0.2) is 0 Å². The molecule has 1 aliphatic heterocycles. The van der Waals surface area contributed by atoms with Gasteiger partial charge in [0.1, 0.15) is 5.54 Å². The number of nitrogens with two attached hydrogens (primary N) is 1. The van der Waals surface area contributed by atoms with Crippen LogP contribution >= 0.6 is 0 Å². The molecule has 104 valence electrons. The van der Waals surface area contributed by atoms with Crippen LogP contribution in [-0.2, 0) is 9.53 Å². The molecule has 0 aromatic heterocycles. The van der Waals surface area contributed by atoms with Gasteiger partial charge in [-0.1, -0.05) is 6.42 Å². The number of ether oxygens (including phenoxy) is 1. The summed E-state index contributed by atoms with van der Waals surface area (Å²) in [7, 11) is 0. The minimum absolute atomic E-state index is 0.211. The Morgan fingerprint density at radius 1 is 1.44 bits per heavy atom. The third-order valence-corrected chi connectivity index (χ3v) is 4.53. The first-order valence-electron chi connectivity index (χ1n) is 7.28. The highest BCUT2D eigenvalue weighted by molar-refractivity contribution is 5.81. The molecule has 0 aromatic rings. The summed E-state index contributed by atoms with van der Waals surface area (Å²) in [6.45, 7) is 5.70. The maximum Gasteiger partial charge on any atom is 0.326 e. The molecular weight excluding hydrogens is 228 g/mol. The van der Waals surface area contributed by atoms with E-state index < -0.39 is 5.54 Å². The van der Waals surface area contributed by atoms with E-state index in [4.69, 9.17) is 10.5 Å². The highest BCUT2D eigenvalue weighted by Gasteiger charge is 2.45. The van der Waals surface area contributed by atoms with Gasteiger partial charge < -0.3 is 10.5 Å². The molecule has 1 saturated heterocycles. The summed E-state index contributed by atoms with van der Waals surface area (Å²) in [6, 6.07) is 1.10. The molecule has 0 amide bonds. The quantitative estimate of drug-likeness (QED) is 0.778. The average molecular weight is 254 g/mol. The van der Waals surface area contributed by atoms with Gasteiger partial charge in [0.2, 0.25) is 0 Å². The van der Waals surface area contributed by atoms with Crippen molar-refractivity contribution in [2.24, 2.45) is 5.73 Å². The molecule has 2 rings (SSSR count). The van der Waals surface area contributed by atoms with E-state index in [9.17, 15) is 4.79 Å².